The summed E-state index contributed by atoms with van der Waals surface area (Å²) in [7, 11) is 0. The zero-order chi connectivity index (χ0) is 15.5. The lowest BCUT2D eigenvalue weighted by Crippen LogP contribution is -2.13. The van der Waals surface area contributed by atoms with Crippen molar-refractivity contribution in [2.75, 3.05) is 5.32 Å². The van der Waals surface area contributed by atoms with Gasteiger partial charge < -0.3 is 5.32 Å². The second-order valence-corrected chi connectivity index (χ2v) is 5.09. The monoisotopic (exact) mass is 312 g/mol. The maximum atomic E-state index is 12.4. The van der Waals surface area contributed by atoms with Gasteiger partial charge in [0.1, 0.15) is 10.8 Å². The molecule has 6 heteroatoms. The SMILES string of the molecule is Cc1[nH]nc(-c2ccccc2)c1NC(=O)c1cccnc1Cl. The molecule has 0 unspecified atom stereocenters. The van der Waals surface area contributed by atoms with E-state index in [1.165, 1.54) is 6.20 Å². The van der Waals surface area contributed by atoms with Crippen molar-refractivity contribution >= 4 is 23.2 Å². The highest BCUT2D eigenvalue weighted by Crippen LogP contribution is 2.29. The third-order valence-electron chi connectivity index (χ3n) is 3.24. The van der Waals surface area contributed by atoms with E-state index in [4.69, 9.17) is 11.6 Å². The molecule has 0 saturated carbocycles. The number of H-pyrrole nitrogens is 1. The van der Waals surface area contributed by atoms with Crippen molar-refractivity contribution in [2.45, 2.75) is 6.92 Å². The number of hydrogen-bond acceptors (Lipinski definition) is 3. The van der Waals surface area contributed by atoms with Crippen LogP contribution >= 0.6 is 11.6 Å². The Kier molecular flexibility index (Phi) is 3.89. The van der Waals surface area contributed by atoms with Crippen LogP contribution in [0.2, 0.25) is 5.15 Å². The molecule has 0 saturated heterocycles. The van der Waals surface area contributed by atoms with E-state index in [0.29, 0.717) is 16.9 Å². The van der Waals surface area contributed by atoms with Gasteiger partial charge in [0, 0.05) is 11.8 Å². The number of anilines is 1. The third kappa shape index (κ3) is 2.71. The van der Waals surface area contributed by atoms with E-state index in [1.54, 1.807) is 12.1 Å². The summed E-state index contributed by atoms with van der Waals surface area (Å²) in [4.78, 5) is 16.3. The van der Waals surface area contributed by atoms with E-state index < -0.39 is 0 Å². The van der Waals surface area contributed by atoms with E-state index in [1.807, 2.05) is 37.3 Å². The van der Waals surface area contributed by atoms with Gasteiger partial charge in [-0.15, -0.1) is 0 Å². The Morgan fingerprint density at radius 2 is 1.95 bits per heavy atom. The first kappa shape index (κ1) is 14.3. The van der Waals surface area contributed by atoms with Gasteiger partial charge in [-0.05, 0) is 19.1 Å². The van der Waals surface area contributed by atoms with Gasteiger partial charge in [-0.1, -0.05) is 41.9 Å². The first-order valence-electron chi connectivity index (χ1n) is 6.69. The topological polar surface area (TPSA) is 70.7 Å². The van der Waals surface area contributed by atoms with Gasteiger partial charge >= 0.3 is 0 Å². The van der Waals surface area contributed by atoms with Crippen molar-refractivity contribution in [3.8, 4) is 11.3 Å². The third-order valence-corrected chi connectivity index (χ3v) is 3.54. The molecular weight excluding hydrogens is 300 g/mol. The van der Waals surface area contributed by atoms with E-state index in [0.717, 1.165) is 11.3 Å². The Morgan fingerprint density at radius 3 is 2.68 bits per heavy atom. The molecule has 0 aliphatic rings. The van der Waals surface area contributed by atoms with Crippen molar-refractivity contribution in [2.24, 2.45) is 0 Å². The van der Waals surface area contributed by atoms with Gasteiger partial charge in [-0.25, -0.2) is 4.98 Å². The Bertz CT molecular complexity index is 814. The molecule has 3 rings (SSSR count). The van der Waals surface area contributed by atoms with Crippen LogP contribution in [0.5, 0.6) is 0 Å². The number of nitrogens with one attached hydrogen (secondary N) is 2. The summed E-state index contributed by atoms with van der Waals surface area (Å²) in [6.45, 7) is 1.85. The molecule has 0 bridgehead atoms. The maximum Gasteiger partial charge on any atom is 0.258 e. The van der Waals surface area contributed by atoms with E-state index >= 15 is 0 Å². The van der Waals surface area contributed by atoms with Crippen LogP contribution in [-0.2, 0) is 0 Å². The normalized spacial score (nSPS) is 10.5. The number of rotatable bonds is 3. The number of nitrogens with zero attached hydrogens (tertiary/aromatic N) is 2. The summed E-state index contributed by atoms with van der Waals surface area (Å²) in [6.07, 6.45) is 1.54. The molecule has 22 heavy (non-hydrogen) atoms. The fourth-order valence-corrected chi connectivity index (χ4v) is 2.33. The number of aromatic amines is 1. The Morgan fingerprint density at radius 1 is 1.18 bits per heavy atom. The molecule has 0 radical (unpaired) electrons. The van der Waals surface area contributed by atoms with Gasteiger partial charge in [0.15, 0.2) is 0 Å². The van der Waals surface area contributed by atoms with Crippen molar-refractivity contribution in [1.29, 1.82) is 0 Å². The zero-order valence-corrected chi connectivity index (χ0v) is 12.6. The summed E-state index contributed by atoms with van der Waals surface area (Å²) in [5.74, 6) is -0.320. The molecule has 0 atom stereocenters. The fraction of sp³-hybridized carbons (Fsp3) is 0.0625. The Labute approximate surface area is 132 Å². The number of amides is 1. The minimum Gasteiger partial charge on any atom is -0.318 e. The first-order valence-corrected chi connectivity index (χ1v) is 7.07. The maximum absolute atomic E-state index is 12.4. The van der Waals surface area contributed by atoms with Gasteiger partial charge in [0.05, 0.1) is 16.9 Å². The van der Waals surface area contributed by atoms with Crippen LogP contribution in [0.25, 0.3) is 11.3 Å². The second kappa shape index (κ2) is 5.99. The standard InChI is InChI=1S/C16H13ClN4O/c1-10-13(14(21-20-10)11-6-3-2-4-7-11)19-16(22)12-8-5-9-18-15(12)17/h2-9H,1H3,(H,19,22)(H,20,21). The molecule has 5 nitrogen and oxygen atoms in total. The van der Waals surface area contributed by atoms with Crippen LogP contribution < -0.4 is 5.32 Å². The number of aromatic nitrogens is 3. The first-order chi connectivity index (χ1) is 10.7. The van der Waals surface area contributed by atoms with Gasteiger partial charge in [0.2, 0.25) is 0 Å². The van der Waals surface area contributed by atoms with Crippen LogP contribution in [0.15, 0.2) is 48.7 Å². The summed E-state index contributed by atoms with van der Waals surface area (Å²) in [5, 5.41) is 10.2. The zero-order valence-electron chi connectivity index (χ0n) is 11.8. The Balaban J connectivity index is 1.95. The number of carbonyl (C=O) groups excluding carboxylic acids is 1. The highest BCUT2D eigenvalue weighted by atomic mass is 35.5. The molecule has 3 aromatic rings. The van der Waals surface area contributed by atoms with Crippen LogP contribution in [0.3, 0.4) is 0 Å². The van der Waals surface area contributed by atoms with Gasteiger partial charge in [-0.2, -0.15) is 5.10 Å². The van der Waals surface area contributed by atoms with Crippen molar-refractivity contribution < 1.29 is 4.79 Å². The predicted molar refractivity (Wildman–Crippen MR) is 86.0 cm³/mol. The summed E-state index contributed by atoms with van der Waals surface area (Å²) in [5.41, 5.74) is 3.33. The smallest absolute Gasteiger partial charge is 0.258 e. The summed E-state index contributed by atoms with van der Waals surface area (Å²) < 4.78 is 0. The van der Waals surface area contributed by atoms with E-state index in [9.17, 15) is 4.79 Å². The molecule has 0 spiro atoms. The predicted octanol–water partition coefficient (Wildman–Crippen LogP) is 3.69. The van der Waals surface area contributed by atoms with Crippen LogP contribution in [0.1, 0.15) is 16.1 Å². The Hall–Kier alpha value is -2.66. The minimum atomic E-state index is -0.320. The van der Waals surface area contributed by atoms with Crippen LogP contribution in [0.4, 0.5) is 5.69 Å². The molecule has 110 valence electrons. The van der Waals surface area contributed by atoms with Crippen LogP contribution in [-0.4, -0.2) is 21.1 Å². The molecule has 2 N–H and O–H groups in total. The van der Waals surface area contributed by atoms with Crippen molar-refractivity contribution in [3.05, 3.63) is 65.1 Å². The highest BCUT2D eigenvalue weighted by molar-refractivity contribution is 6.33. The fourth-order valence-electron chi connectivity index (χ4n) is 2.12. The lowest BCUT2D eigenvalue weighted by Gasteiger charge is -2.07. The molecule has 2 aromatic heterocycles. The average molecular weight is 313 g/mol. The molecule has 2 heterocycles. The molecule has 1 aromatic carbocycles. The van der Waals surface area contributed by atoms with Crippen molar-refractivity contribution in [3.63, 3.8) is 0 Å². The number of carbonyl (C=O) groups is 1. The highest BCUT2D eigenvalue weighted by Gasteiger charge is 2.17. The van der Waals surface area contributed by atoms with Crippen LogP contribution in [0, 0.1) is 6.92 Å². The van der Waals surface area contributed by atoms with Gasteiger partial charge in [-0.3, -0.25) is 9.89 Å². The number of aryl methyl sites for hydroxylation is 1. The number of halogens is 1. The number of benzene rings is 1. The average Bonchev–Trinajstić information content (AvgIpc) is 2.89. The summed E-state index contributed by atoms with van der Waals surface area (Å²) >= 11 is 5.96. The molecule has 0 aliphatic heterocycles. The lowest BCUT2D eigenvalue weighted by atomic mass is 10.1. The minimum absolute atomic E-state index is 0.169. The largest absolute Gasteiger partial charge is 0.318 e. The molecule has 0 aliphatic carbocycles. The molecule has 1 amide bonds. The number of pyridine rings is 1. The van der Waals surface area contributed by atoms with E-state index in [-0.39, 0.29) is 11.1 Å². The molecule has 0 fully saturated rings. The quantitative estimate of drug-likeness (QED) is 0.725. The lowest BCUT2D eigenvalue weighted by molar-refractivity contribution is 0.102. The second-order valence-electron chi connectivity index (χ2n) is 4.73. The van der Waals surface area contributed by atoms with Crippen molar-refractivity contribution in [1.82, 2.24) is 15.2 Å². The summed E-state index contributed by atoms with van der Waals surface area (Å²) in [6, 6.07) is 12.9. The van der Waals surface area contributed by atoms with E-state index in [2.05, 4.69) is 20.5 Å². The molecular formula is C16H13ClN4O. The van der Waals surface area contributed by atoms with Gasteiger partial charge in [0.25, 0.3) is 5.91 Å². The number of hydrogen-bond donors (Lipinski definition) is 2.